The number of benzene rings is 1. The number of hydrogen-bond donors (Lipinski definition) is 2. The summed E-state index contributed by atoms with van der Waals surface area (Å²) in [6, 6.07) is 5.09. The summed E-state index contributed by atoms with van der Waals surface area (Å²) in [5.74, 6) is -0.422. The highest BCUT2D eigenvalue weighted by Gasteiger charge is 2.11. The van der Waals surface area contributed by atoms with Gasteiger partial charge >= 0.3 is 5.97 Å². The van der Waals surface area contributed by atoms with Gasteiger partial charge in [-0.2, -0.15) is 0 Å². The number of halogens is 1. The van der Waals surface area contributed by atoms with Crippen molar-refractivity contribution in [2.24, 2.45) is 0 Å². The molecule has 1 rings (SSSR count). The Morgan fingerprint density at radius 1 is 1.45 bits per heavy atom. The maximum Gasteiger partial charge on any atom is 0.329 e. The summed E-state index contributed by atoms with van der Waals surface area (Å²) >= 11 is 7.45. The lowest BCUT2D eigenvalue weighted by Gasteiger charge is -2.09. The highest BCUT2D eigenvalue weighted by molar-refractivity contribution is 7.99. The molecule has 1 amide bonds. The lowest BCUT2D eigenvalue weighted by Crippen LogP contribution is -2.28. The quantitative estimate of drug-likeness (QED) is 0.568. The molecular weight excluding hydrogens is 302 g/mol. The van der Waals surface area contributed by atoms with Crippen molar-refractivity contribution in [1.29, 1.82) is 0 Å². The number of thioether (sulfide) groups is 1. The summed E-state index contributed by atoms with van der Waals surface area (Å²) in [6.07, 6.45) is 0. The molecule has 20 heavy (non-hydrogen) atoms. The molecule has 0 aliphatic rings. The third-order valence-corrected chi connectivity index (χ3v) is 3.42. The standard InChI is InChI=1S/C13H16ClNO4S/c1-2-20-11-7-9(14)3-4-10(11)13(18)15-5-6-19-8-12(16)17/h3-4,7H,2,5-6,8H2,1H3,(H,15,18)(H,16,17). The molecule has 0 aliphatic heterocycles. The van der Waals surface area contributed by atoms with Crippen molar-refractivity contribution in [3.05, 3.63) is 28.8 Å². The number of carboxylic acids is 1. The van der Waals surface area contributed by atoms with Crippen molar-refractivity contribution in [3.63, 3.8) is 0 Å². The number of ether oxygens (including phenoxy) is 1. The molecule has 5 nitrogen and oxygen atoms in total. The van der Waals surface area contributed by atoms with Crippen molar-refractivity contribution >= 4 is 35.2 Å². The largest absolute Gasteiger partial charge is 0.480 e. The Hall–Kier alpha value is -1.24. The van der Waals surface area contributed by atoms with Gasteiger partial charge in [0.1, 0.15) is 6.61 Å². The lowest BCUT2D eigenvalue weighted by atomic mass is 10.2. The summed E-state index contributed by atoms with van der Waals surface area (Å²) in [5, 5.41) is 11.7. The molecule has 0 unspecified atom stereocenters. The molecule has 0 saturated carbocycles. The van der Waals surface area contributed by atoms with Crippen LogP contribution >= 0.6 is 23.4 Å². The maximum absolute atomic E-state index is 12.0. The number of rotatable bonds is 8. The number of amides is 1. The minimum Gasteiger partial charge on any atom is -0.480 e. The van der Waals surface area contributed by atoms with Gasteiger partial charge in [0.15, 0.2) is 0 Å². The molecule has 2 N–H and O–H groups in total. The van der Waals surface area contributed by atoms with Crippen LogP contribution in [0.2, 0.25) is 5.02 Å². The van der Waals surface area contributed by atoms with Crippen molar-refractivity contribution in [1.82, 2.24) is 5.32 Å². The average Bonchev–Trinajstić information content (AvgIpc) is 2.38. The molecular formula is C13H16ClNO4S. The monoisotopic (exact) mass is 317 g/mol. The number of aliphatic carboxylic acids is 1. The number of carbonyl (C=O) groups is 2. The van der Waals surface area contributed by atoms with E-state index >= 15 is 0 Å². The molecule has 0 atom stereocenters. The van der Waals surface area contributed by atoms with Gasteiger partial charge in [-0.25, -0.2) is 4.79 Å². The van der Waals surface area contributed by atoms with Crippen molar-refractivity contribution < 1.29 is 19.4 Å². The smallest absolute Gasteiger partial charge is 0.329 e. The van der Waals surface area contributed by atoms with Gasteiger partial charge in [0.2, 0.25) is 0 Å². The number of carboxylic acid groups (broad SMARTS) is 1. The Balaban J connectivity index is 2.52. The van der Waals surface area contributed by atoms with E-state index in [2.05, 4.69) is 5.32 Å². The van der Waals surface area contributed by atoms with Crippen LogP contribution in [-0.2, 0) is 9.53 Å². The van der Waals surface area contributed by atoms with Crippen LogP contribution < -0.4 is 5.32 Å². The normalized spacial score (nSPS) is 10.3. The minimum absolute atomic E-state index is 0.155. The van der Waals surface area contributed by atoms with Crippen LogP contribution in [-0.4, -0.2) is 42.5 Å². The zero-order valence-electron chi connectivity index (χ0n) is 11.0. The van der Waals surface area contributed by atoms with Gasteiger partial charge in [-0.05, 0) is 24.0 Å². The minimum atomic E-state index is -1.03. The molecule has 0 heterocycles. The summed E-state index contributed by atoms with van der Waals surface area (Å²) in [4.78, 5) is 23.1. The fourth-order valence-corrected chi connectivity index (χ4v) is 2.52. The molecule has 110 valence electrons. The highest BCUT2D eigenvalue weighted by Crippen LogP contribution is 2.26. The van der Waals surface area contributed by atoms with Gasteiger partial charge in [-0.3, -0.25) is 4.79 Å². The molecule has 0 radical (unpaired) electrons. The third-order valence-electron chi connectivity index (χ3n) is 2.25. The van der Waals surface area contributed by atoms with E-state index in [1.807, 2.05) is 6.92 Å². The predicted molar refractivity (Wildman–Crippen MR) is 78.6 cm³/mol. The van der Waals surface area contributed by atoms with Gasteiger partial charge in [-0.15, -0.1) is 11.8 Å². The predicted octanol–water partition coefficient (Wildman–Crippen LogP) is 2.28. The van der Waals surface area contributed by atoms with Crippen LogP contribution in [0.5, 0.6) is 0 Å². The fourth-order valence-electron chi connectivity index (χ4n) is 1.45. The topological polar surface area (TPSA) is 75.6 Å². The summed E-state index contributed by atoms with van der Waals surface area (Å²) in [6.45, 7) is 2.04. The zero-order valence-corrected chi connectivity index (χ0v) is 12.6. The number of hydrogen-bond acceptors (Lipinski definition) is 4. The van der Waals surface area contributed by atoms with Gasteiger partial charge in [0.05, 0.1) is 12.2 Å². The van der Waals surface area contributed by atoms with Crippen molar-refractivity contribution in [2.75, 3.05) is 25.5 Å². The molecule has 0 spiro atoms. The Morgan fingerprint density at radius 2 is 2.20 bits per heavy atom. The average molecular weight is 318 g/mol. The van der Waals surface area contributed by atoms with E-state index in [9.17, 15) is 9.59 Å². The first-order valence-corrected chi connectivity index (χ1v) is 7.41. The van der Waals surface area contributed by atoms with Crippen LogP contribution in [0.25, 0.3) is 0 Å². The maximum atomic E-state index is 12.0. The van der Waals surface area contributed by atoms with Gasteiger partial charge in [0, 0.05) is 16.5 Å². The Kier molecular flexibility index (Phi) is 7.43. The third kappa shape index (κ3) is 5.81. The van der Waals surface area contributed by atoms with E-state index in [1.54, 1.807) is 18.2 Å². The van der Waals surface area contributed by atoms with E-state index in [4.69, 9.17) is 21.4 Å². The van der Waals surface area contributed by atoms with E-state index in [-0.39, 0.29) is 25.7 Å². The summed E-state index contributed by atoms with van der Waals surface area (Å²) in [7, 11) is 0. The summed E-state index contributed by atoms with van der Waals surface area (Å²) < 4.78 is 4.84. The Bertz CT molecular complexity index is 481. The van der Waals surface area contributed by atoms with E-state index in [0.717, 1.165) is 10.6 Å². The fraction of sp³-hybridized carbons (Fsp3) is 0.385. The molecule has 0 fully saturated rings. The van der Waals surface area contributed by atoms with Gasteiger partial charge < -0.3 is 15.2 Å². The van der Waals surface area contributed by atoms with Crippen molar-refractivity contribution in [3.8, 4) is 0 Å². The van der Waals surface area contributed by atoms with Crippen molar-refractivity contribution in [2.45, 2.75) is 11.8 Å². The zero-order chi connectivity index (χ0) is 15.0. The molecule has 0 aromatic heterocycles. The van der Waals surface area contributed by atoms with E-state index < -0.39 is 5.97 Å². The molecule has 1 aromatic carbocycles. The van der Waals surface area contributed by atoms with Crippen LogP contribution in [0.1, 0.15) is 17.3 Å². The molecule has 0 saturated heterocycles. The first kappa shape index (κ1) is 16.8. The SMILES string of the molecule is CCSc1cc(Cl)ccc1C(=O)NCCOCC(=O)O. The number of carbonyl (C=O) groups excluding carboxylic acids is 1. The molecule has 7 heteroatoms. The summed E-state index contributed by atoms with van der Waals surface area (Å²) in [5.41, 5.74) is 0.555. The van der Waals surface area contributed by atoms with Gasteiger partial charge in [0.25, 0.3) is 5.91 Å². The van der Waals surface area contributed by atoms with Crippen LogP contribution in [0.3, 0.4) is 0 Å². The van der Waals surface area contributed by atoms with Crippen LogP contribution in [0.15, 0.2) is 23.1 Å². The van der Waals surface area contributed by atoms with Crippen LogP contribution in [0, 0.1) is 0 Å². The Labute approximate surface area is 126 Å². The van der Waals surface area contributed by atoms with E-state index in [1.165, 1.54) is 11.8 Å². The second-order valence-corrected chi connectivity index (χ2v) is 5.52. The Morgan fingerprint density at radius 3 is 2.85 bits per heavy atom. The first-order valence-electron chi connectivity index (χ1n) is 6.04. The second kappa shape index (κ2) is 8.84. The lowest BCUT2D eigenvalue weighted by molar-refractivity contribution is -0.142. The molecule has 0 aliphatic carbocycles. The van der Waals surface area contributed by atoms with Gasteiger partial charge in [-0.1, -0.05) is 18.5 Å². The highest BCUT2D eigenvalue weighted by atomic mass is 35.5. The molecule has 1 aromatic rings. The first-order chi connectivity index (χ1) is 9.54. The second-order valence-electron chi connectivity index (χ2n) is 3.78. The van der Waals surface area contributed by atoms with E-state index in [0.29, 0.717) is 10.6 Å². The van der Waals surface area contributed by atoms with Crippen LogP contribution in [0.4, 0.5) is 0 Å². The number of nitrogens with one attached hydrogen (secondary N) is 1. The molecule has 0 bridgehead atoms.